The van der Waals surface area contributed by atoms with Gasteiger partial charge in [-0.2, -0.15) is 0 Å². The summed E-state index contributed by atoms with van der Waals surface area (Å²) in [5.41, 5.74) is 1.17. The summed E-state index contributed by atoms with van der Waals surface area (Å²) in [7, 11) is 1.65. The van der Waals surface area contributed by atoms with Crippen LogP contribution >= 0.6 is 0 Å². The molecule has 1 aromatic rings. The standard InChI is InChI=1S/C15H23NO3/c1-4-10-16(12-15(17)19-5-2)11-13-6-8-14(18-3)9-7-13/h6-9H,4-5,10-12H2,1-3H3. The zero-order valence-electron chi connectivity index (χ0n) is 12.0. The van der Waals surface area contributed by atoms with Gasteiger partial charge in [0.25, 0.3) is 0 Å². The van der Waals surface area contributed by atoms with E-state index in [4.69, 9.17) is 9.47 Å². The molecule has 4 heteroatoms. The van der Waals surface area contributed by atoms with Crippen LogP contribution in [0.25, 0.3) is 0 Å². The van der Waals surface area contributed by atoms with E-state index in [2.05, 4.69) is 11.8 Å². The van der Waals surface area contributed by atoms with Crippen molar-refractivity contribution in [3.8, 4) is 5.75 Å². The van der Waals surface area contributed by atoms with Crippen LogP contribution in [0.15, 0.2) is 24.3 Å². The molecule has 106 valence electrons. The molecule has 0 bridgehead atoms. The van der Waals surface area contributed by atoms with Crippen LogP contribution in [0.1, 0.15) is 25.8 Å². The van der Waals surface area contributed by atoms with E-state index in [1.165, 1.54) is 5.56 Å². The second-order valence-corrected chi connectivity index (χ2v) is 4.36. The molecule has 0 aliphatic carbocycles. The van der Waals surface area contributed by atoms with Gasteiger partial charge in [0, 0.05) is 6.54 Å². The molecule has 0 spiro atoms. The maximum Gasteiger partial charge on any atom is 0.320 e. The van der Waals surface area contributed by atoms with Gasteiger partial charge >= 0.3 is 5.97 Å². The summed E-state index contributed by atoms with van der Waals surface area (Å²) >= 11 is 0. The maximum absolute atomic E-state index is 11.5. The Morgan fingerprint density at radius 2 is 1.89 bits per heavy atom. The second kappa shape index (κ2) is 8.53. The first kappa shape index (κ1) is 15.5. The van der Waals surface area contributed by atoms with Crippen molar-refractivity contribution in [2.75, 3.05) is 26.8 Å². The largest absolute Gasteiger partial charge is 0.497 e. The lowest BCUT2D eigenvalue weighted by Crippen LogP contribution is -2.31. The van der Waals surface area contributed by atoms with Crippen LogP contribution < -0.4 is 4.74 Å². The van der Waals surface area contributed by atoms with Crippen molar-refractivity contribution in [3.05, 3.63) is 29.8 Å². The number of rotatable bonds is 8. The van der Waals surface area contributed by atoms with Gasteiger partial charge in [0.15, 0.2) is 0 Å². The number of hydrogen-bond acceptors (Lipinski definition) is 4. The normalized spacial score (nSPS) is 10.5. The van der Waals surface area contributed by atoms with Gasteiger partial charge in [0.1, 0.15) is 5.75 Å². The average Bonchev–Trinajstić information content (AvgIpc) is 2.40. The number of carbonyl (C=O) groups excluding carboxylic acids is 1. The quantitative estimate of drug-likeness (QED) is 0.677. The molecule has 4 nitrogen and oxygen atoms in total. The summed E-state index contributed by atoms with van der Waals surface area (Å²) in [5, 5.41) is 0. The molecule has 0 saturated carbocycles. The molecule has 0 aliphatic rings. The molecule has 0 aliphatic heterocycles. The summed E-state index contributed by atoms with van der Waals surface area (Å²) in [6, 6.07) is 7.91. The van der Waals surface area contributed by atoms with Crippen molar-refractivity contribution in [3.63, 3.8) is 0 Å². The van der Waals surface area contributed by atoms with Gasteiger partial charge < -0.3 is 9.47 Å². The first-order chi connectivity index (χ1) is 9.19. The number of methoxy groups -OCH3 is 1. The first-order valence-electron chi connectivity index (χ1n) is 6.70. The highest BCUT2D eigenvalue weighted by molar-refractivity contribution is 5.71. The van der Waals surface area contributed by atoms with Crippen LogP contribution in [-0.2, 0) is 16.1 Å². The Morgan fingerprint density at radius 1 is 1.21 bits per heavy atom. The Kier molecular flexibility index (Phi) is 6.97. The lowest BCUT2D eigenvalue weighted by Gasteiger charge is -2.20. The minimum Gasteiger partial charge on any atom is -0.497 e. The van der Waals surface area contributed by atoms with E-state index in [0.717, 1.165) is 25.3 Å². The van der Waals surface area contributed by atoms with Gasteiger partial charge in [0.2, 0.25) is 0 Å². The molecular formula is C15H23NO3. The van der Waals surface area contributed by atoms with Gasteiger partial charge in [-0.1, -0.05) is 19.1 Å². The molecule has 0 heterocycles. The van der Waals surface area contributed by atoms with E-state index < -0.39 is 0 Å². The molecule has 1 rings (SSSR count). The third kappa shape index (κ3) is 5.75. The van der Waals surface area contributed by atoms with Crippen molar-refractivity contribution >= 4 is 5.97 Å². The maximum atomic E-state index is 11.5. The molecule has 0 amide bonds. The summed E-state index contributed by atoms with van der Waals surface area (Å²) in [5.74, 6) is 0.681. The highest BCUT2D eigenvalue weighted by Gasteiger charge is 2.11. The number of nitrogens with zero attached hydrogens (tertiary/aromatic N) is 1. The molecule has 19 heavy (non-hydrogen) atoms. The smallest absolute Gasteiger partial charge is 0.320 e. The highest BCUT2D eigenvalue weighted by Crippen LogP contribution is 2.13. The minimum atomic E-state index is -0.163. The fourth-order valence-electron chi connectivity index (χ4n) is 1.91. The second-order valence-electron chi connectivity index (χ2n) is 4.36. The monoisotopic (exact) mass is 265 g/mol. The molecule has 0 N–H and O–H groups in total. The van der Waals surface area contributed by atoms with Crippen molar-refractivity contribution in [2.24, 2.45) is 0 Å². The van der Waals surface area contributed by atoms with Gasteiger partial charge in [-0.05, 0) is 37.6 Å². The molecule has 0 unspecified atom stereocenters. The van der Waals surface area contributed by atoms with E-state index >= 15 is 0 Å². The molecule has 1 aromatic carbocycles. The Balaban J connectivity index is 2.58. The third-order valence-corrected chi connectivity index (χ3v) is 2.76. The predicted molar refractivity (Wildman–Crippen MR) is 75.2 cm³/mol. The average molecular weight is 265 g/mol. The summed E-state index contributed by atoms with van der Waals surface area (Å²) < 4.78 is 10.1. The highest BCUT2D eigenvalue weighted by atomic mass is 16.5. The summed E-state index contributed by atoms with van der Waals surface area (Å²) in [6.45, 7) is 6.33. The zero-order chi connectivity index (χ0) is 14.1. The van der Waals surface area contributed by atoms with Gasteiger partial charge in [-0.15, -0.1) is 0 Å². The van der Waals surface area contributed by atoms with Crippen molar-refractivity contribution in [2.45, 2.75) is 26.8 Å². The zero-order valence-corrected chi connectivity index (χ0v) is 12.0. The Labute approximate surface area is 115 Å². The van der Waals surface area contributed by atoms with Crippen LogP contribution in [0, 0.1) is 0 Å². The number of esters is 1. The van der Waals surface area contributed by atoms with E-state index in [0.29, 0.717) is 13.2 Å². The molecule has 0 saturated heterocycles. The first-order valence-corrected chi connectivity index (χ1v) is 6.70. The lowest BCUT2D eigenvalue weighted by atomic mass is 10.2. The van der Waals surface area contributed by atoms with E-state index in [-0.39, 0.29) is 5.97 Å². The van der Waals surface area contributed by atoms with Gasteiger partial charge in [0.05, 0.1) is 20.3 Å². The van der Waals surface area contributed by atoms with Crippen molar-refractivity contribution in [1.29, 1.82) is 0 Å². The molecule has 0 atom stereocenters. The Hall–Kier alpha value is -1.55. The SMILES string of the molecule is CCCN(CC(=O)OCC)Cc1ccc(OC)cc1. The lowest BCUT2D eigenvalue weighted by molar-refractivity contribution is -0.144. The topological polar surface area (TPSA) is 38.8 Å². The fourth-order valence-corrected chi connectivity index (χ4v) is 1.91. The number of hydrogen-bond donors (Lipinski definition) is 0. The fraction of sp³-hybridized carbons (Fsp3) is 0.533. The number of benzene rings is 1. The minimum absolute atomic E-state index is 0.163. The molecular weight excluding hydrogens is 242 g/mol. The Bertz CT molecular complexity index is 375. The van der Waals surface area contributed by atoms with Gasteiger partial charge in [-0.25, -0.2) is 0 Å². The van der Waals surface area contributed by atoms with Crippen LogP contribution in [0.3, 0.4) is 0 Å². The van der Waals surface area contributed by atoms with Crippen LogP contribution in [0.2, 0.25) is 0 Å². The molecule has 0 fully saturated rings. The van der Waals surface area contributed by atoms with Crippen molar-refractivity contribution in [1.82, 2.24) is 4.90 Å². The van der Waals surface area contributed by atoms with Crippen molar-refractivity contribution < 1.29 is 14.3 Å². The van der Waals surface area contributed by atoms with E-state index in [1.807, 2.05) is 31.2 Å². The number of carbonyl (C=O) groups is 1. The Morgan fingerprint density at radius 3 is 2.42 bits per heavy atom. The molecule has 0 aromatic heterocycles. The van der Waals surface area contributed by atoms with Crippen LogP contribution in [0.4, 0.5) is 0 Å². The number of ether oxygens (including phenoxy) is 2. The third-order valence-electron chi connectivity index (χ3n) is 2.76. The van der Waals surface area contributed by atoms with E-state index in [1.54, 1.807) is 7.11 Å². The van der Waals surface area contributed by atoms with Crippen LogP contribution in [0.5, 0.6) is 5.75 Å². The predicted octanol–water partition coefficient (Wildman–Crippen LogP) is 2.47. The van der Waals surface area contributed by atoms with Gasteiger partial charge in [-0.3, -0.25) is 9.69 Å². The van der Waals surface area contributed by atoms with Crippen LogP contribution in [-0.4, -0.2) is 37.7 Å². The summed E-state index contributed by atoms with van der Waals surface area (Å²) in [6.07, 6.45) is 1.01. The summed E-state index contributed by atoms with van der Waals surface area (Å²) in [4.78, 5) is 13.6. The van der Waals surface area contributed by atoms with E-state index in [9.17, 15) is 4.79 Å². The molecule has 0 radical (unpaired) electrons.